The normalized spacial score (nSPS) is 11.4. The minimum absolute atomic E-state index is 0.0315. The van der Waals surface area contributed by atoms with Crippen molar-refractivity contribution < 1.29 is 28.9 Å². The summed E-state index contributed by atoms with van der Waals surface area (Å²) in [5.41, 5.74) is 1.20. The zero-order valence-corrected chi connectivity index (χ0v) is 16.4. The molecule has 1 atom stereocenters. The Kier molecular flexibility index (Phi) is 7.26. The number of benzene rings is 2. The lowest BCUT2D eigenvalue weighted by atomic mass is 9.98. The molecule has 2 N–H and O–H groups in total. The van der Waals surface area contributed by atoms with Gasteiger partial charge < -0.3 is 24.6 Å². The van der Waals surface area contributed by atoms with Crippen molar-refractivity contribution in [2.45, 2.75) is 26.2 Å². The van der Waals surface area contributed by atoms with Crippen molar-refractivity contribution in [3.05, 3.63) is 47.5 Å². The first-order valence-electron chi connectivity index (χ1n) is 8.92. The number of hydrogen-bond donors (Lipinski definition) is 2. The van der Waals surface area contributed by atoms with Crippen LogP contribution in [0.2, 0.25) is 0 Å². The predicted molar refractivity (Wildman–Crippen MR) is 106 cm³/mol. The van der Waals surface area contributed by atoms with Gasteiger partial charge in [-0.15, -0.1) is 0 Å². The molecule has 28 heavy (non-hydrogen) atoms. The van der Waals surface area contributed by atoms with Crippen LogP contribution in [0.3, 0.4) is 0 Å². The molecule has 0 radical (unpaired) electrons. The summed E-state index contributed by atoms with van der Waals surface area (Å²) in [6, 6.07) is 10.2. The third-order valence-electron chi connectivity index (χ3n) is 4.42. The predicted octanol–water partition coefficient (Wildman–Crippen LogP) is 3.93. The number of nitrogens with one attached hydrogen (secondary N) is 1. The molecule has 2 aromatic rings. The monoisotopic (exact) mass is 387 g/mol. The molecule has 0 heterocycles. The van der Waals surface area contributed by atoms with Crippen molar-refractivity contribution in [3.63, 3.8) is 0 Å². The molecule has 0 aromatic heterocycles. The maximum atomic E-state index is 12.4. The number of carbonyl (C=O) groups is 2. The molecule has 1 unspecified atom stereocenters. The van der Waals surface area contributed by atoms with Gasteiger partial charge >= 0.3 is 5.97 Å². The van der Waals surface area contributed by atoms with Gasteiger partial charge in [-0.25, -0.2) is 4.79 Å². The van der Waals surface area contributed by atoms with Crippen LogP contribution in [0.1, 0.15) is 42.1 Å². The van der Waals surface area contributed by atoms with Crippen LogP contribution >= 0.6 is 0 Å². The third kappa shape index (κ3) is 4.94. The van der Waals surface area contributed by atoms with Gasteiger partial charge in [-0.2, -0.15) is 0 Å². The van der Waals surface area contributed by atoms with Gasteiger partial charge in [-0.1, -0.05) is 32.0 Å². The van der Waals surface area contributed by atoms with Crippen LogP contribution in [0.5, 0.6) is 17.2 Å². The third-order valence-corrected chi connectivity index (χ3v) is 4.42. The van der Waals surface area contributed by atoms with Crippen molar-refractivity contribution in [1.82, 2.24) is 0 Å². The Balaban J connectivity index is 2.18. The van der Waals surface area contributed by atoms with Crippen LogP contribution in [-0.4, -0.2) is 37.8 Å². The lowest BCUT2D eigenvalue weighted by molar-refractivity contribution is -0.118. The van der Waals surface area contributed by atoms with Gasteiger partial charge in [0.25, 0.3) is 5.91 Å². The largest absolute Gasteiger partial charge is 0.493 e. The first kappa shape index (κ1) is 21.1. The van der Waals surface area contributed by atoms with Gasteiger partial charge in [-0.05, 0) is 36.1 Å². The number of anilines is 1. The summed E-state index contributed by atoms with van der Waals surface area (Å²) in [4.78, 5) is 23.7. The Morgan fingerprint density at radius 1 is 1.11 bits per heavy atom. The Labute approximate surface area is 164 Å². The summed E-state index contributed by atoms with van der Waals surface area (Å²) in [6.07, 6.45) is 0.950. The Bertz CT molecular complexity index is 849. The number of ether oxygens (including phenoxy) is 3. The molecule has 0 aliphatic heterocycles. The van der Waals surface area contributed by atoms with Gasteiger partial charge in [0.1, 0.15) is 5.75 Å². The molecule has 0 bridgehead atoms. The molecule has 0 spiro atoms. The lowest BCUT2D eigenvalue weighted by Gasteiger charge is -2.17. The van der Waals surface area contributed by atoms with E-state index >= 15 is 0 Å². The fourth-order valence-electron chi connectivity index (χ4n) is 2.75. The highest BCUT2D eigenvalue weighted by molar-refractivity contribution is 5.97. The molecule has 0 saturated heterocycles. The van der Waals surface area contributed by atoms with Crippen LogP contribution in [0, 0.1) is 0 Å². The van der Waals surface area contributed by atoms with Crippen LogP contribution in [-0.2, 0) is 4.79 Å². The molecule has 0 aliphatic carbocycles. The van der Waals surface area contributed by atoms with E-state index in [0.717, 1.165) is 12.0 Å². The summed E-state index contributed by atoms with van der Waals surface area (Å²) in [7, 11) is 2.80. The molecule has 7 heteroatoms. The van der Waals surface area contributed by atoms with E-state index in [1.54, 1.807) is 0 Å². The topological polar surface area (TPSA) is 94.1 Å². The second-order valence-corrected chi connectivity index (χ2v) is 6.25. The first-order chi connectivity index (χ1) is 13.4. The maximum Gasteiger partial charge on any atom is 0.335 e. The summed E-state index contributed by atoms with van der Waals surface area (Å²) in [6.45, 7) is 3.95. The number of aromatic carboxylic acids is 1. The molecule has 1 amide bonds. The van der Waals surface area contributed by atoms with E-state index in [-0.39, 0.29) is 29.4 Å². The van der Waals surface area contributed by atoms with Crippen molar-refractivity contribution in [1.29, 1.82) is 0 Å². The minimum Gasteiger partial charge on any atom is -0.493 e. The van der Waals surface area contributed by atoms with Crippen LogP contribution < -0.4 is 19.5 Å². The number of carbonyl (C=O) groups excluding carboxylic acids is 1. The Morgan fingerprint density at radius 3 is 2.43 bits per heavy atom. The second kappa shape index (κ2) is 9.64. The smallest absolute Gasteiger partial charge is 0.335 e. The average molecular weight is 387 g/mol. The fourth-order valence-corrected chi connectivity index (χ4v) is 2.75. The van der Waals surface area contributed by atoms with E-state index in [9.17, 15) is 14.7 Å². The zero-order valence-electron chi connectivity index (χ0n) is 16.4. The lowest BCUT2D eigenvalue weighted by Crippen LogP contribution is -2.21. The first-order valence-corrected chi connectivity index (χ1v) is 8.92. The Morgan fingerprint density at radius 2 is 1.82 bits per heavy atom. The number of amides is 1. The maximum absolute atomic E-state index is 12.4. The highest BCUT2D eigenvalue weighted by Crippen LogP contribution is 2.36. The molecule has 0 aliphatic rings. The summed E-state index contributed by atoms with van der Waals surface area (Å²) in [5, 5.41) is 11.9. The standard InChI is InChI=1S/C21H25NO6/c1-5-13(2)15-8-6-7-9-17(15)28-12-19(23)22-16-10-14(21(24)25)11-18(26-3)20(16)27-4/h6-11,13H,5,12H2,1-4H3,(H,22,23)(H,24,25). The minimum atomic E-state index is -1.14. The number of para-hydroxylation sites is 1. The summed E-state index contributed by atoms with van der Waals surface area (Å²) >= 11 is 0. The Hall–Kier alpha value is -3.22. The molecular weight excluding hydrogens is 362 g/mol. The van der Waals surface area contributed by atoms with Crippen LogP contribution in [0.4, 0.5) is 5.69 Å². The van der Waals surface area contributed by atoms with Crippen molar-refractivity contribution in [2.75, 3.05) is 26.1 Å². The quantitative estimate of drug-likeness (QED) is 0.677. The van der Waals surface area contributed by atoms with E-state index in [4.69, 9.17) is 14.2 Å². The number of carboxylic acids is 1. The average Bonchev–Trinajstić information content (AvgIpc) is 2.71. The highest BCUT2D eigenvalue weighted by atomic mass is 16.5. The van der Waals surface area contributed by atoms with Gasteiger partial charge in [0, 0.05) is 0 Å². The molecule has 0 fully saturated rings. The van der Waals surface area contributed by atoms with Gasteiger partial charge in [0.2, 0.25) is 0 Å². The summed E-state index contributed by atoms with van der Waals surface area (Å²) < 4.78 is 16.1. The summed E-state index contributed by atoms with van der Waals surface area (Å²) in [5.74, 6) is -0.190. The molecule has 7 nitrogen and oxygen atoms in total. The van der Waals surface area contributed by atoms with Gasteiger partial charge in [-0.3, -0.25) is 4.79 Å². The number of hydrogen-bond acceptors (Lipinski definition) is 5. The van der Waals surface area contributed by atoms with E-state index in [1.165, 1.54) is 26.4 Å². The molecule has 150 valence electrons. The fraction of sp³-hybridized carbons (Fsp3) is 0.333. The van der Waals surface area contributed by atoms with Crippen LogP contribution in [0.15, 0.2) is 36.4 Å². The van der Waals surface area contributed by atoms with Gasteiger partial charge in [0.05, 0.1) is 25.5 Å². The van der Waals surface area contributed by atoms with Crippen molar-refractivity contribution >= 4 is 17.6 Å². The van der Waals surface area contributed by atoms with Crippen LogP contribution in [0.25, 0.3) is 0 Å². The molecule has 0 saturated carbocycles. The number of rotatable bonds is 9. The second-order valence-electron chi connectivity index (χ2n) is 6.25. The van der Waals surface area contributed by atoms with Gasteiger partial charge in [0.15, 0.2) is 18.1 Å². The van der Waals surface area contributed by atoms with E-state index in [0.29, 0.717) is 11.7 Å². The van der Waals surface area contributed by atoms with Crippen molar-refractivity contribution in [3.8, 4) is 17.2 Å². The number of carboxylic acid groups (broad SMARTS) is 1. The molecule has 2 aromatic carbocycles. The van der Waals surface area contributed by atoms with E-state index in [2.05, 4.69) is 19.2 Å². The van der Waals surface area contributed by atoms with Crippen molar-refractivity contribution in [2.24, 2.45) is 0 Å². The number of methoxy groups -OCH3 is 2. The van der Waals surface area contributed by atoms with E-state index < -0.39 is 11.9 Å². The molecule has 2 rings (SSSR count). The SMILES string of the molecule is CCC(C)c1ccccc1OCC(=O)Nc1cc(C(=O)O)cc(OC)c1OC. The van der Waals surface area contributed by atoms with E-state index in [1.807, 2.05) is 24.3 Å². The molecular formula is C21H25NO6. The highest BCUT2D eigenvalue weighted by Gasteiger charge is 2.18. The zero-order chi connectivity index (χ0) is 20.7.